The molecule has 1 heterocycles. The van der Waals surface area contributed by atoms with Crippen LogP contribution in [0.25, 0.3) is 21.8 Å². The monoisotopic (exact) mass is 264 g/mol. The van der Waals surface area contributed by atoms with E-state index in [1.54, 1.807) is 6.07 Å². The lowest BCUT2D eigenvalue weighted by Crippen LogP contribution is -2.11. The fourth-order valence-electron chi connectivity index (χ4n) is 3.48. The molecule has 0 fully saturated rings. The van der Waals surface area contributed by atoms with Gasteiger partial charge in [-0.1, -0.05) is 18.2 Å². The molecule has 1 aliphatic rings. The van der Waals surface area contributed by atoms with Gasteiger partial charge in [0, 0.05) is 16.3 Å². The molecule has 1 aliphatic carbocycles. The molecular weight excluding hydrogens is 248 g/mol. The van der Waals surface area contributed by atoms with Crippen LogP contribution in [-0.2, 0) is 12.8 Å². The quantitative estimate of drug-likeness (QED) is 0.696. The Morgan fingerprint density at radius 2 is 1.95 bits per heavy atom. The Kier molecular flexibility index (Phi) is 2.36. The number of carbonyl (C=O) groups excluding carboxylic acids is 1. The smallest absolute Gasteiger partial charge is 0.250 e. The molecule has 20 heavy (non-hydrogen) atoms. The molecule has 0 spiro atoms. The molecule has 3 N–H and O–H groups in total. The van der Waals surface area contributed by atoms with Crippen molar-refractivity contribution in [1.82, 2.24) is 4.98 Å². The van der Waals surface area contributed by atoms with E-state index in [4.69, 9.17) is 5.73 Å². The Hall–Kier alpha value is -2.29. The van der Waals surface area contributed by atoms with E-state index < -0.39 is 0 Å². The molecule has 0 atom stereocenters. The number of primary amides is 1. The lowest BCUT2D eigenvalue weighted by molar-refractivity contribution is 0.100. The minimum absolute atomic E-state index is 0.379. The standard InChI is InChI=1S/C17H16N2O/c18-17(20)13-7-3-6-12-15-11-5-2-1-4-10(11)8-9-14(15)19-16(12)13/h3,6-9,19H,1-2,4-5H2,(H2,18,20). The number of aromatic amines is 1. The first-order chi connectivity index (χ1) is 9.75. The number of rotatable bonds is 1. The van der Waals surface area contributed by atoms with E-state index in [0.717, 1.165) is 29.3 Å². The maximum atomic E-state index is 11.6. The van der Waals surface area contributed by atoms with Crippen molar-refractivity contribution in [2.75, 3.05) is 0 Å². The minimum Gasteiger partial charge on any atom is -0.366 e. The summed E-state index contributed by atoms with van der Waals surface area (Å²) in [4.78, 5) is 15.0. The Morgan fingerprint density at radius 1 is 1.10 bits per heavy atom. The summed E-state index contributed by atoms with van der Waals surface area (Å²) in [5.74, 6) is -0.379. The summed E-state index contributed by atoms with van der Waals surface area (Å²) in [6.45, 7) is 0. The SMILES string of the molecule is NC(=O)c1cccc2c1[nH]c1ccc3c(c12)CCCC3. The van der Waals surface area contributed by atoms with Gasteiger partial charge in [0.1, 0.15) is 0 Å². The number of para-hydroxylation sites is 1. The highest BCUT2D eigenvalue weighted by Gasteiger charge is 2.17. The normalized spacial score (nSPS) is 14.6. The van der Waals surface area contributed by atoms with Crippen LogP contribution in [0.1, 0.15) is 34.3 Å². The number of hydrogen-bond donors (Lipinski definition) is 2. The van der Waals surface area contributed by atoms with Gasteiger partial charge in [-0.2, -0.15) is 0 Å². The maximum absolute atomic E-state index is 11.6. The summed E-state index contributed by atoms with van der Waals surface area (Å²) in [7, 11) is 0. The molecule has 1 amide bonds. The molecule has 3 aromatic rings. The molecule has 100 valence electrons. The van der Waals surface area contributed by atoms with Gasteiger partial charge in [-0.25, -0.2) is 0 Å². The Balaban J connectivity index is 2.16. The van der Waals surface area contributed by atoms with E-state index in [1.165, 1.54) is 29.4 Å². The summed E-state index contributed by atoms with van der Waals surface area (Å²) in [5.41, 5.74) is 10.9. The molecule has 0 unspecified atom stereocenters. The number of H-pyrrole nitrogens is 1. The van der Waals surface area contributed by atoms with Crippen molar-refractivity contribution in [2.45, 2.75) is 25.7 Å². The van der Waals surface area contributed by atoms with Crippen molar-refractivity contribution in [3.63, 3.8) is 0 Å². The van der Waals surface area contributed by atoms with Gasteiger partial charge in [0.15, 0.2) is 0 Å². The van der Waals surface area contributed by atoms with Gasteiger partial charge in [-0.15, -0.1) is 0 Å². The van der Waals surface area contributed by atoms with Crippen LogP contribution in [0.3, 0.4) is 0 Å². The third-order valence-electron chi connectivity index (χ3n) is 4.39. The van der Waals surface area contributed by atoms with Crippen LogP contribution >= 0.6 is 0 Å². The summed E-state index contributed by atoms with van der Waals surface area (Å²) >= 11 is 0. The highest BCUT2D eigenvalue weighted by atomic mass is 16.1. The first-order valence-electron chi connectivity index (χ1n) is 7.10. The molecule has 4 rings (SSSR count). The number of nitrogens with one attached hydrogen (secondary N) is 1. The molecule has 0 radical (unpaired) electrons. The van der Waals surface area contributed by atoms with Crippen LogP contribution in [-0.4, -0.2) is 10.9 Å². The van der Waals surface area contributed by atoms with Crippen LogP contribution in [0.2, 0.25) is 0 Å². The molecule has 0 saturated carbocycles. The minimum atomic E-state index is -0.379. The van der Waals surface area contributed by atoms with Crippen molar-refractivity contribution < 1.29 is 4.79 Å². The second-order valence-electron chi connectivity index (χ2n) is 5.55. The Morgan fingerprint density at radius 3 is 2.80 bits per heavy atom. The fraction of sp³-hybridized carbons (Fsp3) is 0.235. The number of aromatic nitrogens is 1. The van der Waals surface area contributed by atoms with Crippen molar-refractivity contribution in [2.24, 2.45) is 5.73 Å². The molecule has 0 aliphatic heterocycles. The van der Waals surface area contributed by atoms with Crippen LogP contribution in [0.5, 0.6) is 0 Å². The van der Waals surface area contributed by atoms with Crippen molar-refractivity contribution in [3.05, 3.63) is 47.0 Å². The average molecular weight is 264 g/mol. The summed E-state index contributed by atoms with van der Waals surface area (Å²) in [6, 6.07) is 10.1. The molecular formula is C17H16N2O. The second kappa shape index (κ2) is 4.10. The fourth-order valence-corrected chi connectivity index (χ4v) is 3.48. The van der Waals surface area contributed by atoms with Gasteiger partial charge >= 0.3 is 0 Å². The molecule has 3 nitrogen and oxygen atoms in total. The first-order valence-corrected chi connectivity index (χ1v) is 7.10. The Labute approximate surface area is 116 Å². The van der Waals surface area contributed by atoms with E-state index in [9.17, 15) is 4.79 Å². The predicted octanol–water partition coefficient (Wildman–Crippen LogP) is 3.30. The van der Waals surface area contributed by atoms with Crippen LogP contribution in [0, 0.1) is 0 Å². The maximum Gasteiger partial charge on any atom is 0.250 e. The van der Waals surface area contributed by atoms with Crippen LogP contribution in [0.4, 0.5) is 0 Å². The number of benzene rings is 2. The van der Waals surface area contributed by atoms with E-state index in [0.29, 0.717) is 5.56 Å². The van der Waals surface area contributed by atoms with Gasteiger partial charge in [0.05, 0.1) is 11.1 Å². The Bertz CT molecular complexity index is 845. The number of amides is 1. The molecule has 3 heteroatoms. The zero-order chi connectivity index (χ0) is 13.7. The zero-order valence-electron chi connectivity index (χ0n) is 11.2. The average Bonchev–Trinajstić information content (AvgIpc) is 2.85. The number of fused-ring (bicyclic) bond motifs is 5. The molecule has 1 aromatic heterocycles. The highest BCUT2D eigenvalue weighted by molar-refractivity contribution is 6.15. The van der Waals surface area contributed by atoms with E-state index in [-0.39, 0.29) is 5.91 Å². The van der Waals surface area contributed by atoms with Crippen LogP contribution in [0.15, 0.2) is 30.3 Å². The van der Waals surface area contributed by atoms with E-state index in [2.05, 4.69) is 23.2 Å². The molecule has 2 aromatic carbocycles. The predicted molar refractivity (Wildman–Crippen MR) is 81.0 cm³/mol. The van der Waals surface area contributed by atoms with Crippen molar-refractivity contribution in [1.29, 1.82) is 0 Å². The second-order valence-corrected chi connectivity index (χ2v) is 5.55. The topological polar surface area (TPSA) is 58.9 Å². The third kappa shape index (κ3) is 1.49. The van der Waals surface area contributed by atoms with Gasteiger partial charge in [-0.05, 0) is 48.9 Å². The number of carbonyl (C=O) groups is 1. The van der Waals surface area contributed by atoms with Gasteiger partial charge in [0.2, 0.25) is 0 Å². The van der Waals surface area contributed by atoms with E-state index >= 15 is 0 Å². The number of hydrogen-bond acceptors (Lipinski definition) is 1. The molecule has 0 bridgehead atoms. The zero-order valence-corrected chi connectivity index (χ0v) is 11.2. The molecule has 0 saturated heterocycles. The first kappa shape index (κ1) is 11.5. The third-order valence-corrected chi connectivity index (χ3v) is 4.39. The lowest BCUT2D eigenvalue weighted by atomic mass is 9.88. The number of nitrogens with two attached hydrogens (primary N) is 1. The van der Waals surface area contributed by atoms with Gasteiger partial charge < -0.3 is 10.7 Å². The largest absolute Gasteiger partial charge is 0.366 e. The number of aryl methyl sites for hydroxylation is 2. The lowest BCUT2D eigenvalue weighted by Gasteiger charge is -2.16. The van der Waals surface area contributed by atoms with Crippen molar-refractivity contribution in [3.8, 4) is 0 Å². The highest BCUT2D eigenvalue weighted by Crippen LogP contribution is 2.35. The summed E-state index contributed by atoms with van der Waals surface area (Å²) in [6.07, 6.45) is 4.80. The van der Waals surface area contributed by atoms with Gasteiger partial charge in [-0.3, -0.25) is 4.79 Å². The van der Waals surface area contributed by atoms with Crippen LogP contribution < -0.4 is 5.73 Å². The van der Waals surface area contributed by atoms with Crippen molar-refractivity contribution >= 4 is 27.7 Å². The van der Waals surface area contributed by atoms with Gasteiger partial charge in [0.25, 0.3) is 5.91 Å². The van der Waals surface area contributed by atoms with E-state index in [1.807, 2.05) is 6.07 Å². The summed E-state index contributed by atoms with van der Waals surface area (Å²) < 4.78 is 0. The summed E-state index contributed by atoms with van der Waals surface area (Å²) in [5, 5.41) is 2.40.